The summed E-state index contributed by atoms with van der Waals surface area (Å²) in [5, 5.41) is 12.5. The lowest BCUT2D eigenvalue weighted by atomic mass is 9.96. The number of rotatable bonds is 8. The van der Waals surface area contributed by atoms with Crippen LogP contribution in [0.4, 0.5) is 0 Å². The Morgan fingerprint density at radius 2 is 2.11 bits per heavy atom. The van der Waals surface area contributed by atoms with Crippen molar-refractivity contribution in [3.8, 4) is 0 Å². The van der Waals surface area contributed by atoms with Crippen LogP contribution in [0.15, 0.2) is 0 Å². The lowest BCUT2D eigenvalue weighted by Crippen LogP contribution is -2.53. The van der Waals surface area contributed by atoms with Crippen LogP contribution >= 0.6 is 0 Å². The van der Waals surface area contributed by atoms with Crippen molar-refractivity contribution in [2.24, 2.45) is 11.8 Å². The number of nitrogens with zero attached hydrogens (tertiary/aromatic N) is 1. The molecule has 1 aliphatic carbocycles. The van der Waals surface area contributed by atoms with Crippen molar-refractivity contribution in [3.63, 3.8) is 0 Å². The highest BCUT2D eigenvalue weighted by Crippen LogP contribution is 2.37. The topological polar surface area (TPSA) is 52.6 Å². The number of nitrogens with one attached hydrogen (secondary N) is 1. The fourth-order valence-electron chi connectivity index (χ4n) is 2.44. The molecule has 0 spiro atoms. The molecule has 0 amide bonds. The molecule has 0 heterocycles. The van der Waals surface area contributed by atoms with Crippen LogP contribution in [0.1, 0.15) is 40.5 Å². The van der Waals surface area contributed by atoms with E-state index >= 15 is 0 Å². The van der Waals surface area contributed by atoms with Crippen LogP contribution in [0.2, 0.25) is 0 Å². The number of hydrogen-bond donors (Lipinski definition) is 2. The molecule has 0 saturated heterocycles. The predicted molar refractivity (Wildman–Crippen MR) is 73.7 cm³/mol. The Balaban J connectivity index is 2.38. The number of carbonyl (C=O) groups is 1. The second-order valence-electron chi connectivity index (χ2n) is 6.42. The number of carboxylic acid groups (broad SMARTS) is 1. The molecule has 106 valence electrons. The van der Waals surface area contributed by atoms with E-state index in [4.69, 9.17) is 0 Å². The molecular formula is C14H28N2O2. The summed E-state index contributed by atoms with van der Waals surface area (Å²) in [6.07, 6.45) is 1.96. The molecule has 0 bridgehead atoms. The zero-order chi connectivity index (χ0) is 13.9. The van der Waals surface area contributed by atoms with E-state index in [1.54, 1.807) is 6.92 Å². The minimum Gasteiger partial charge on any atom is -0.480 e. The molecule has 1 aliphatic rings. The number of hydrogen-bond acceptors (Lipinski definition) is 3. The largest absolute Gasteiger partial charge is 0.480 e. The molecule has 18 heavy (non-hydrogen) atoms. The first-order valence-electron chi connectivity index (χ1n) is 6.94. The Hall–Kier alpha value is -0.610. The zero-order valence-corrected chi connectivity index (χ0v) is 12.4. The lowest BCUT2D eigenvalue weighted by Gasteiger charge is -2.30. The Bertz CT molecular complexity index is 294. The van der Waals surface area contributed by atoms with Crippen molar-refractivity contribution in [3.05, 3.63) is 0 Å². The smallest absolute Gasteiger partial charge is 0.323 e. The minimum atomic E-state index is -0.822. The molecule has 1 rings (SSSR count). The molecule has 1 fully saturated rings. The third-order valence-electron chi connectivity index (χ3n) is 3.90. The van der Waals surface area contributed by atoms with E-state index in [2.05, 4.69) is 24.2 Å². The van der Waals surface area contributed by atoms with Gasteiger partial charge in [-0.3, -0.25) is 10.1 Å². The van der Waals surface area contributed by atoms with E-state index in [1.165, 1.54) is 6.42 Å². The highest BCUT2D eigenvalue weighted by Gasteiger charge is 2.35. The summed E-state index contributed by atoms with van der Waals surface area (Å²) in [5.41, 5.74) is -0.822. The average molecular weight is 256 g/mol. The summed E-state index contributed by atoms with van der Waals surface area (Å²) >= 11 is 0. The van der Waals surface area contributed by atoms with Gasteiger partial charge in [0.2, 0.25) is 0 Å². The van der Waals surface area contributed by atoms with Crippen molar-refractivity contribution < 1.29 is 9.90 Å². The van der Waals surface area contributed by atoms with Gasteiger partial charge < -0.3 is 10.0 Å². The Labute approximate surface area is 111 Å². The van der Waals surface area contributed by atoms with Crippen LogP contribution in [0, 0.1) is 11.8 Å². The highest BCUT2D eigenvalue weighted by atomic mass is 16.4. The third kappa shape index (κ3) is 4.58. The first kappa shape index (κ1) is 15.4. The molecule has 2 N–H and O–H groups in total. The molecule has 0 aromatic heterocycles. The second-order valence-corrected chi connectivity index (χ2v) is 6.42. The average Bonchev–Trinajstić information content (AvgIpc) is 2.90. The summed E-state index contributed by atoms with van der Waals surface area (Å²) in [6, 6.07) is 0.180. The highest BCUT2D eigenvalue weighted by molar-refractivity contribution is 5.78. The van der Waals surface area contributed by atoms with E-state index in [1.807, 2.05) is 13.8 Å². The van der Waals surface area contributed by atoms with Gasteiger partial charge in [-0.15, -0.1) is 0 Å². The van der Waals surface area contributed by atoms with Crippen molar-refractivity contribution in [1.82, 2.24) is 10.2 Å². The summed E-state index contributed by atoms with van der Waals surface area (Å²) in [5.74, 6) is 0.917. The van der Waals surface area contributed by atoms with Crippen molar-refractivity contribution in [1.29, 1.82) is 0 Å². The summed E-state index contributed by atoms with van der Waals surface area (Å²) in [6.45, 7) is 9.95. The molecule has 0 radical (unpaired) electrons. The predicted octanol–water partition coefficient (Wildman–Crippen LogP) is 1.81. The van der Waals surface area contributed by atoms with E-state index in [0.29, 0.717) is 6.42 Å². The number of aliphatic carboxylic acids is 1. The van der Waals surface area contributed by atoms with Crippen LogP contribution in [-0.2, 0) is 4.79 Å². The molecule has 4 nitrogen and oxygen atoms in total. The van der Waals surface area contributed by atoms with Gasteiger partial charge in [-0.25, -0.2) is 0 Å². The summed E-state index contributed by atoms with van der Waals surface area (Å²) in [4.78, 5) is 13.6. The monoisotopic (exact) mass is 256 g/mol. The fraction of sp³-hybridized carbons (Fsp3) is 0.929. The van der Waals surface area contributed by atoms with E-state index in [-0.39, 0.29) is 6.04 Å². The summed E-state index contributed by atoms with van der Waals surface area (Å²) < 4.78 is 0. The van der Waals surface area contributed by atoms with Gasteiger partial charge in [0.05, 0.1) is 0 Å². The Kier molecular flexibility index (Phi) is 5.17. The van der Waals surface area contributed by atoms with Gasteiger partial charge >= 0.3 is 5.97 Å². The van der Waals surface area contributed by atoms with Crippen LogP contribution in [0.25, 0.3) is 0 Å². The molecule has 3 atom stereocenters. The van der Waals surface area contributed by atoms with Crippen LogP contribution in [0.3, 0.4) is 0 Å². The van der Waals surface area contributed by atoms with Gasteiger partial charge in [-0.1, -0.05) is 6.92 Å². The van der Waals surface area contributed by atoms with Gasteiger partial charge in [0.15, 0.2) is 0 Å². The second kappa shape index (κ2) is 6.02. The number of carboxylic acids is 1. The normalized spacial score (nSPS) is 26.4. The van der Waals surface area contributed by atoms with Crippen LogP contribution in [-0.4, -0.2) is 47.7 Å². The van der Waals surface area contributed by atoms with E-state index in [9.17, 15) is 9.90 Å². The first-order chi connectivity index (χ1) is 8.24. The molecule has 4 heteroatoms. The van der Waals surface area contributed by atoms with Crippen LogP contribution < -0.4 is 5.32 Å². The minimum absolute atomic E-state index is 0.180. The molecule has 0 aliphatic heterocycles. The van der Waals surface area contributed by atoms with Gasteiger partial charge in [0.25, 0.3) is 0 Å². The van der Waals surface area contributed by atoms with E-state index in [0.717, 1.165) is 24.9 Å². The molecule has 3 unspecified atom stereocenters. The van der Waals surface area contributed by atoms with Crippen molar-refractivity contribution in [2.75, 3.05) is 20.1 Å². The lowest BCUT2D eigenvalue weighted by molar-refractivity contribution is -0.144. The van der Waals surface area contributed by atoms with Gasteiger partial charge in [0.1, 0.15) is 5.54 Å². The quantitative estimate of drug-likeness (QED) is 0.695. The fourth-order valence-corrected chi connectivity index (χ4v) is 2.44. The molecular weight excluding hydrogens is 228 g/mol. The Morgan fingerprint density at radius 1 is 1.56 bits per heavy atom. The molecule has 1 saturated carbocycles. The first-order valence-corrected chi connectivity index (χ1v) is 6.94. The van der Waals surface area contributed by atoms with Gasteiger partial charge in [-0.05, 0) is 52.5 Å². The maximum Gasteiger partial charge on any atom is 0.323 e. The maximum atomic E-state index is 11.4. The van der Waals surface area contributed by atoms with Crippen LogP contribution in [0.5, 0.6) is 0 Å². The van der Waals surface area contributed by atoms with Crippen molar-refractivity contribution in [2.45, 2.75) is 52.1 Å². The summed E-state index contributed by atoms with van der Waals surface area (Å²) in [7, 11) is 2.09. The SMILES string of the molecule is CC(C)NC(C)(CCN(C)CC1CC1C)C(=O)O. The third-order valence-corrected chi connectivity index (χ3v) is 3.90. The molecule has 0 aromatic carbocycles. The Morgan fingerprint density at radius 3 is 2.50 bits per heavy atom. The maximum absolute atomic E-state index is 11.4. The van der Waals surface area contributed by atoms with Crippen molar-refractivity contribution >= 4 is 5.97 Å². The van der Waals surface area contributed by atoms with Gasteiger partial charge in [0, 0.05) is 19.1 Å². The van der Waals surface area contributed by atoms with E-state index < -0.39 is 11.5 Å². The standard InChI is InChI=1S/C14H28N2O2/c1-10(2)15-14(4,13(17)18)6-7-16(5)9-12-8-11(12)3/h10-12,15H,6-9H2,1-5H3,(H,17,18). The molecule has 0 aromatic rings. The zero-order valence-electron chi connectivity index (χ0n) is 12.4. The van der Waals surface area contributed by atoms with Gasteiger partial charge in [-0.2, -0.15) is 0 Å².